The molecular formula is C15H17Br2NS. The Morgan fingerprint density at radius 2 is 2.00 bits per heavy atom. The fraction of sp³-hybridized carbons (Fsp3) is 0.333. The lowest BCUT2D eigenvalue weighted by Crippen LogP contribution is -2.22. The zero-order chi connectivity index (χ0) is 13.8. The van der Waals surface area contributed by atoms with Crippen molar-refractivity contribution < 1.29 is 0 Å². The molecule has 1 atom stereocenters. The molecule has 0 amide bonds. The van der Waals surface area contributed by atoms with Gasteiger partial charge in [-0.05, 0) is 58.7 Å². The van der Waals surface area contributed by atoms with Crippen LogP contribution in [0.5, 0.6) is 0 Å². The van der Waals surface area contributed by atoms with Crippen LogP contribution in [0, 0.1) is 6.92 Å². The second kappa shape index (κ2) is 7.02. The van der Waals surface area contributed by atoms with Crippen molar-refractivity contribution >= 4 is 43.2 Å². The smallest absolute Gasteiger partial charge is 0.0701 e. The van der Waals surface area contributed by atoms with Crippen LogP contribution in [0.15, 0.2) is 38.6 Å². The highest BCUT2D eigenvalue weighted by atomic mass is 79.9. The van der Waals surface area contributed by atoms with Crippen molar-refractivity contribution in [1.29, 1.82) is 0 Å². The number of rotatable bonds is 5. The number of nitrogens with one attached hydrogen (secondary N) is 1. The maximum absolute atomic E-state index is 3.58. The lowest BCUT2D eigenvalue weighted by Gasteiger charge is -2.18. The van der Waals surface area contributed by atoms with E-state index in [1.54, 1.807) is 0 Å². The maximum atomic E-state index is 3.58. The molecule has 0 aliphatic carbocycles. The van der Waals surface area contributed by atoms with Gasteiger partial charge in [0.05, 0.1) is 3.79 Å². The van der Waals surface area contributed by atoms with Crippen molar-refractivity contribution in [3.63, 3.8) is 0 Å². The first-order valence-electron chi connectivity index (χ1n) is 6.33. The number of hydrogen-bond donors (Lipinski definition) is 1. The molecular weight excluding hydrogens is 386 g/mol. The molecule has 0 aliphatic heterocycles. The molecule has 1 heterocycles. The number of hydrogen-bond acceptors (Lipinski definition) is 2. The quantitative estimate of drug-likeness (QED) is 0.698. The van der Waals surface area contributed by atoms with E-state index in [-0.39, 0.29) is 0 Å². The Morgan fingerprint density at radius 1 is 1.21 bits per heavy atom. The van der Waals surface area contributed by atoms with Gasteiger partial charge in [0.15, 0.2) is 0 Å². The van der Waals surface area contributed by atoms with Crippen molar-refractivity contribution in [3.05, 3.63) is 54.6 Å². The molecule has 1 N–H and O–H groups in total. The third-order valence-corrected chi connectivity index (χ3v) is 5.60. The first-order valence-corrected chi connectivity index (χ1v) is 8.74. The van der Waals surface area contributed by atoms with Crippen LogP contribution < -0.4 is 5.32 Å². The largest absolute Gasteiger partial charge is 0.310 e. The van der Waals surface area contributed by atoms with Crippen molar-refractivity contribution in [1.82, 2.24) is 5.32 Å². The molecule has 2 aromatic rings. The first-order chi connectivity index (χ1) is 9.10. The summed E-state index contributed by atoms with van der Waals surface area (Å²) in [6.07, 6.45) is 1.03. The molecule has 0 bridgehead atoms. The van der Waals surface area contributed by atoms with Crippen molar-refractivity contribution in [3.8, 4) is 0 Å². The van der Waals surface area contributed by atoms with E-state index in [0.717, 1.165) is 13.0 Å². The van der Waals surface area contributed by atoms with E-state index in [2.05, 4.69) is 81.4 Å². The second-order valence-electron chi connectivity index (χ2n) is 4.53. The van der Waals surface area contributed by atoms with Crippen LogP contribution >= 0.6 is 43.2 Å². The summed E-state index contributed by atoms with van der Waals surface area (Å²) < 4.78 is 2.37. The van der Waals surface area contributed by atoms with Gasteiger partial charge >= 0.3 is 0 Å². The zero-order valence-corrected chi connectivity index (χ0v) is 15.0. The van der Waals surface area contributed by atoms with Gasteiger partial charge in [0, 0.05) is 21.8 Å². The van der Waals surface area contributed by atoms with Crippen molar-refractivity contribution in [2.24, 2.45) is 0 Å². The number of thiophene rings is 1. The topological polar surface area (TPSA) is 12.0 Å². The summed E-state index contributed by atoms with van der Waals surface area (Å²) in [4.78, 5) is 1.40. The van der Waals surface area contributed by atoms with Crippen LogP contribution in [0.2, 0.25) is 0 Å². The summed E-state index contributed by atoms with van der Waals surface area (Å²) >= 11 is 8.90. The van der Waals surface area contributed by atoms with E-state index in [1.807, 2.05) is 11.3 Å². The van der Waals surface area contributed by atoms with Gasteiger partial charge < -0.3 is 5.32 Å². The third kappa shape index (κ3) is 4.15. The summed E-state index contributed by atoms with van der Waals surface area (Å²) in [5.41, 5.74) is 2.64. The van der Waals surface area contributed by atoms with E-state index >= 15 is 0 Å². The van der Waals surface area contributed by atoms with Crippen LogP contribution in [0.1, 0.15) is 29.0 Å². The minimum atomic E-state index is 0.377. The van der Waals surface area contributed by atoms with Gasteiger partial charge in [0.1, 0.15) is 0 Å². The fourth-order valence-electron chi connectivity index (χ4n) is 2.10. The Morgan fingerprint density at radius 3 is 2.58 bits per heavy atom. The Hall–Kier alpha value is -0.160. The normalized spacial score (nSPS) is 12.6. The Balaban J connectivity index is 2.21. The third-order valence-electron chi connectivity index (χ3n) is 3.07. The van der Waals surface area contributed by atoms with Gasteiger partial charge in [-0.3, -0.25) is 0 Å². The van der Waals surface area contributed by atoms with Crippen LogP contribution in [0.3, 0.4) is 0 Å². The first kappa shape index (κ1) is 15.2. The molecule has 0 saturated heterocycles. The van der Waals surface area contributed by atoms with E-state index in [4.69, 9.17) is 0 Å². The average Bonchev–Trinajstić information content (AvgIpc) is 2.78. The second-order valence-corrected chi connectivity index (χ2v) is 7.93. The highest BCUT2D eigenvalue weighted by Crippen LogP contribution is 2.28. The maximum Gasteiger partial charge on any atom is 0.0701 e. The molecule has 2 rings (SSSR count). The minimum absolute atomic E-state index is 0.377. The van der Waals surface area contributed by atoms with Crippen molar-refractivity contribution in [2.45, 2.75) is 26.3 Å². The monoisotopic (exact) mass is 401 g/mol. The van der Waals surface area contributed by atoms with Crippen LogP contribution in [0.4, 0.5) is 0 Å². The molecule has 0 radical (unpaired) electrons. The molecule has 0 spiro atoms. The molecule has 4 heteroatoms. The van der Waals surface area contributed by atoms with E-state index in [1.165, 1.54) is 24.3 Å². The number of likely N-dealkylation sites (N-methyl/N-ethyl adjacent to an activating group) is 1. The van der Waals surface area contributed by atoms with E-state index < -0.39 is 0 Å². The molecule has 1 nitrogen and oxygen atoms in total. The predicted molar refractivity (Wildman–Crippen MR) is 91.0 cm³/mol. The van der Waals surface area contributed by atoms with Gasteiger partial charge in [-0.1, -0.05) is 35.0 Å². The number of benzene rings is 1. The number of aryl methyl sites for hydroxylation is 1. The highest BCUT2D eigenvalue weighted by Gasteiger charge is 2.13. The Kier molecular flexibility index (Phi) is 5.63. The van der Waals surface area contributed by atoms with E-state index in [9.17, 15) is 0 Å². The summed E-state index contributed by atoms with van der Waals surface area (Å²) in [5.74, 6) is 0. The molecule has 19 heavy (non-hydrogen) atoms. The molecule has 1 unspecified atom stereocenters. The van der Waals surface area contributed by atoms with Crippen molar-refractivity contribution in [2.75, 3.05) is 6.54 Å². The van der Waals surface area contributed by atoms with Crippen LogP contribution in [0.25, 0.3) is 0 Å². The fourth-order valence-corrected chi connectivity index (χ4v) is 3.88. The van der Waals surface area contributed by atoms with Crippen LogP contribution in [-0.2, 0) is 6.42 Å². The molecule has 1 aromatic carbocycles. The van der Waals surface area contributed by atoms with Gasteiger partial charge in [-0.2, -0.15) is 0 Å². The van der Waals surface area contributed by atoms with E-state index in [0.29, 0.717) is 6.04 Å². The summed E-state index contributed by atoms with van der Waals surface area (Å²) in [5, 5.41) is 3.58. The molecule has 0 fully saturated rings. The predicted octanol–water partition coefficient (Wildman–Crippen LogP) is 5.47. The van der Waals surface area contributed by atoms with Gasteiger partial charge in [0.25, 0.3) is 0 Å². The summed E-state index contributed by atoms with van der Waals surface area (Å²) in [6.45, 7) is 5.27. The average molecular weight is 403 g/mol. The zero-order valence-electron chi connectivity index (χ0n) is 11.0. The lowest BCUT2D eigenvalue weighted by molar-refractivity contribution is 0.553. The highest BCUT2D eigenvalue weighted by molar-refractivity contribution is 9.11. The summed E-state index contributed by atoms with van der Waals surface area (Å²) in [6, 6.07) is 11.3. The molecule has 1 aromatic heterocycles. The Labute approximate surface area is 135 Å². The molecule has 0 saturated carbocycles. The van der Waals surface area contributed by atoms with Gasteiger partial charge in [-0.25, -0.2) is 0 Å². The SMILES string of the molecule is CCNC(Cc1ccc(Br)s1)c1ccc(Br)c(C)c1. The summed E-state index contributed by atoms with van der Waals surface area (Å²) in [7, 11) is 0. The molecule has 0 aliphatic rings. The van der Waals surface area contributed by atoms with Gasteiger partial charge in [0.2, 0.25) is 0 Å². The standard InChI is InChI=1S/C15H17Br2NS/c1-3-18-14(9-12-5-7-15(17)19-12)11-4-6-13(16)10(2)8-11/h4-8,14,18H,3,9H2,1-2H3. The lowest BCUT2D eigenvalue weighted by atomic mass is 10.0. The van der Waals surface area contributed by atoms with Crippen LogP contribution in [-0.4, -0.2) is 6.54 Å². The van der Waals surface area contributed by atoms with Gasteiger partial charge in [-0.15, -0.1) is 11.3 Å². The molecule has 102 valence electrons. The number of halogens is 2. The Bertz CT molecular complexity index is 551. The minimum Gasteiger partial charge on any atom is -0.310 e.